The summed E-state index contributed by atoms with van der Waals surface area (Å²) in [6, 6.07) is 8.10. The average molecular weight is 330 g/mol. The van der Waals surface area contributed by atoms with Crippen LogP contribution in [0.25, 0.3) is 0 Å². The van der Waals surface area contributed by atoms with Gasteiger partial charge in [-0.2, -0.15) is 5.10 Å². The third kappa shape index (κ3) is 2.76. The van der Waals surface area contributed by atoms with Crippen molar-refractivity contribution in [2.24, 2.45) is 13.0 Å². The van der Waals surface area contributed by atoms with E-state index in [9.17, 15) is 4.79 Å². The molecule has 0 radical (unpaired) electrons. The molecule has 1 saturated carbocycles. The molecule has 2 aliphatic rings. The van der Waals surface area contributed by atoms with Crippen LogP contribution in [0.1, 0.15) is 42.3 Å². The standard InChI is InChI=1S/C18H20ClN3O/c1-21-11-13(10-20-21)17-6-3-7-22(17)18(23)16-9-15(16)12-4-2-5-14(19)8-12/h2,4-5,8,10-11,15-17H,3,6-7,9H2,1H3. The Labute approximate surface area is 141 Å². The normalized spacial score (nSPS) is 26.5. The number of aryl methyl sites for hydroxylation is 1. The van der Waals surface area contributed by atoms with Crippen LogP contribution in [0.15, 0.2) is 36.7 Å². The van der Waals surface area contributed by atoms with Gasteiger partial charge in [0.05, 0.1) is 12.2 Å². The number of hydrogen-bond donors (Lipinski definition) is 0. The summed E-state index contributed by atoms with van der Waals surface area (Å²) < 4.78 is 1.81. The van der Waals surface area contributed by atoms with Crippen molar-refractivity contribution in [3.05, 3.63) is 52.8 Å². The molecule has 120 valence electrons. The lowest BCUT2D eigenvalue weighted by molar-refractivity contribution is -0.133. The van der Waals surface area contributed by atoms with E-state index in [0.29, 0.717) is 11.8 Å². The van der Waals surface area contributed by atoms with Gasteiger partial charge in [-0.3, -0.25) is 9.48 Å². The summed E-state index contributed by atoms with van der Waals surface area (Å²) in [5, 5.41) is 5.00. The highest BCUT2D eigenvalue weighted by molar-refractivity contribution is 6.30. The molecule has 0 bridgehead atoms. The van der Waals surface area contributed by atoms with Gasteiger partial charge in [0.2, 0.25) is 5.91 Å². The second-order valence-corrected chi connectivity index (χ2v) is 7.08. The third-order valence-corrected chi connectivity index (χ3v) is 5.27. The van der Waals surface area contributed by atoms with E-state index >= 15 is 0 Å². The molecule has 0 spiro atoms. The molecule has 0 N–H and O–H groups in total. The Bertz CT molecular complexity index is 741. The number of benzene rings is 1. The van der Waals surface area contributed by atoms with Crippen molar-refractivity contribution in [1.82, 2.24) is 14.7 Å². The number of rotatable bonds is 3. The van der Waals surface area contributed by atoms with Crippen LogP contribution in [0.2, 0.25) is 5.02 Å². The SMILES string of the molecule is Cn1cc(C2CCCN2C(=O)C2CC2c2cccc(Cl)c2)cn1. The highest BCUT2D eigenvalue weighted by Gasteiger charge is 2.47. The zero-order valence-corrected chi connectivity index (χ0v) is 13.9. The number of nitrogens with zero attached hydrogens (tertiary/aromatic N) is 3. The van der Waals surface area contributed by atoms with E-state index in [2.05, 4.69) is 16.1 Å². The molecule has 3 unspecified atom stereocenters. The molecular weight excluding hydrogens is 310 g/mol. The fourth-order valence-corrected chi connectivity index (χ4v) is 3.97. The van der Waals surface area contributed by atoms with Gasteiger partial charge in [0.1, 0.15) is 0 Å². The Hall–Kier alpha value is -1.81. The monoisotopic (exact) mass is 329 g/mol. The first-order chi connectivity index (χ1) is 11.1. The molecule has 1 aliphatic carbocycles. The van der Waals surface area contributed by atoms with E-state index in [1.54, 1.807) is 0 Å². The first-order valence-electron chi connectivity index (χ1n) is 8.18. The van der Waals surface area contributed by atoms with Crippen molar-refractivity contribution >= 4 is 17.5 Å². The van der Waals surface area contributed by atoms with Crippen LogP contribution in [0, 0.1) is 5.92 Å². The van der Waals surface area contributed by atoms with Crippen LogP contribution in [-0.2, 0) is 11.8 Å². The molecule has 2 heterocycles. The summed E-state index contributed by atoms with van der Waals surface area (Å²) in [6.45, 7) is 0.858. The largest absolute Gasteiger partial charge is 0.335 e. The fourth-order valence-electron chi connectivity index (χ4n) is 3.78. The first-order valence-corrected chi connectivity index (χ1v) is 8.56. The van der Waals surface area contributed by atoms with Crippen molar-refractivity contribution < 1.29 is 4.79 Å². The minimum Gasteiger partial charge on any atom is -0.335 e. The van der Waals surface area contributed by atoms with E-state index in [1.165, 1.54) is 5.56 Å². The van der Waals surface area contributed by atoms with Crippen molar-refractivity contribution in [1.29, 1.82) is 0 Å². The number of carbonyl (C=O) groups excluding carboxylic acids is 1. The van der Waals surface area contributed by atoms with Gasteiger partial charge in [-0.25, -0.2) is 0 Å². The molecule has 1 amide bonds. The molecule has 2 aromatic rings. The third-order valence-electron chi connectivity index (χ3n) is 5.03. The van der Waals surface area contributed by atoms with Crippen LogP contribution in [-0.4, -0.2) is 27.1 Å². The molecule has 3 atom stereocenters. The molecule has 1 aliphatic heterocycles. The number of carbonyl (C=O) groups is 1. The van der Waals surface area contributed by atoms with E-state index in [4.69, 9.17) is 11.6 Å². The minimum atomic E-state index is 0.116. The zero-order chi connectivity index (χ0) is 16.0. The Balaban J connectivity index is 1.49. The molecule has 4 nitrogen and oxygen atoms in total. The summed E-state index contributed by atoms with van der Waals surface area (Å²) in [7, 11) is 1.92. The van der Waals surface area contributed by atoms with Crippen LogP contribution in [0.5, 0.6) is 0 Å². The predicted molar refractivity (Wildman–Crippen MR) is 89.2 cm³/mol. The molecule has 23 heavy (non-hydrogen) atoms. The van der Waals surface area contributed by atoms with E-state index in [0.717, 1.165) is 36.4 Å². The highest BCUT2D eigenvalue weighted by atomic mass is 35.5. The lowest BCUT2D eigenvalue weighted by atomic mass is 10.1. The van der Waals surface area contributed by atoms with Gasteiger partial charge in [0.15, 0.2) is 0 Å². The van der Waals surface area contributed by atoms with Crippen molar-refractivity contribution in [3.63, 3.8) is 0 Å². The van der Waals surface area contributed by atoms with Crippen LogP contribution in [0.3, 0.4) is 0 Å². The van der Waals surface area contributed by atoms with Gasteiger partial charge in [-0.05, 0) is 42.9 Å². The Kier molecular flexibility index (Phi) is 3.64. The lowest BCUT2D eigenvalue weighted by Gasteiger charge is -2.24. The van der Waals surface area contributed by atoms with Crippen LogP contribution in [0.4, 0.5) is 0 Å². The number of amides is 1. The summed E-state index contributed by atoms with van der Waals surface area (Å²) in [6.07, 6.45) is 6.95. The maximum absolute atomic E-state index is 12.9. The smallest absolute Gasteiger partial charge is 0.226 e. The summed E-state index contributed by atoms with van der Waals surface area (Å²) in [4.78, 5) is 15.0. The molecule has 1 aromatic heterocycles. The van der Waals surface area contributed by atoms with Gasteiger partial charge >= 0.3 is 0 Å². The van der Waals surface area contributed by atoms with Gasteiger partial charge in [0, 0.05) is 36.3 Å². The Morgan fingerprint density at radius 1 is 1.35 bits per heavy atom. The number of halogens is 1. The van der Waals surface area contributed by atoms with Crippen molar-refractivity contribution in [3.8, 4) is 0 Å². The maximum Gasteiger partial charge on any atom is 0.226 e. The zero-order valence-electron chi connectivity index (χ0n) is 13.2. The molecule has 1 aromatic carbocycles. The summed E-state index contributed by atoms with van der Waals surface area (Å²) in [5.41, 5.74) is 2.34. The first kappa shape index (κ1) is 14.8. The number of aromatic nitrogens is 2. The number of hydrogen-bond acceptors (Lipinski definition) is 2. The molecule has 4 rings (SSSR count). The van der Waals surface area contributed by atoms with Crippen molar-refractivity contribution in [2.75, 3.05) is 6.54 Å². The maximum atomic E-state index is 12.9. The van der Waals surface area contributed by atoms with Crippen LogP contribution >= 0.6 is 11.6 Å². The number of likely N-dealkylation sites (tertiary alicyclic amines) is 1. The second kappa shape index (κ2) is 5.68. The fraction of sp³-hybridized carbons (Fsp3) is 0.444. The van der Waals surface area contributed by atoms with E-state index in [-0.39, 0.29) is 12.0 Å². The van der Waals surface area contributed by atoms with Gasteiger partial charge in [-0.1, -0.05) is 23.7 Å². The lowest BCUT2D eigenvalue weighted by Crippen LogP contribution is -2.32. The molecular formula is C18H20ClN3O. The average Bonchev–Trinajstić information content (AvgIpc) is 2.97. The van der Waals surface area contributed by atoms with Crippen LogP contribution < -0.4 is 0 Å². The second-order valence-electron chi connectivity index (χ2n) is 6.64. The van der Waals surface area contributed by atoms with Crippen molar-refractivity contribution in [2.45, 2.75) is 31.2 Å². The van der Waals surface area contributed by atoms with Gasteiger partial charge in [-0.15, -0.1) is 0 Å². The summed E-state index contributed by atoms with van der Waals surface area (Å²) >= 11 is 6.07. The molecule has 1 saturated heterocycles. The minimum absolute atomic E-state index is 0.116. The Morgan fingerprint density at radius 2 is 2.22 bits per heavy atom. The molecule has 5 heteroatoms. The predicted octanol–water partition coefficient (Wildman–Crippen LogP) is 3.54. The topological polar surface area (TPSA) is 38.1 Å². The quantitative estimate of drug-likeness (QED) is 0.863. The van der Waals surface area contributed by atoms with E-state index in [1.807, 2.05) is 42.3 Å². The molecule has 2 fully saturated rings. The van der Waals surface area contributed by atoms with Gasteiger partial charge in [0.25, 0.3) is 0 Å². The van der Waals surface area contributed by atoms with Gasteiger partial charge < -0.3 is 4.90 Å². The summed E-state index contributed by atoms with van der Waals surface area (Å²) in [5.74, 6) is 0.739. The Morgan fingerprint density at radius 3 is 2.96 bits per heavy atom. The highest BCUT2D eigenvalue weighted by Crippen LogP contribution is 2.50. The van der Waals surface area contributed by atoms with E-state index < -0.39 is 0 Å².